The van der Waals surface area contributed by atoms with Gasteiger partial charge in [-0.1, -0.05) is 97.1 Å². The van der Waals surface area contributed by atoms with Gasteiger partial charge in [0.25, 0.3) is 0 Å². The second kappa shape index (κ2) is 12.5. The lowest BCUT2D eigenvalue weighted by molar-refractivity contribution is 0.0619. The number of hydrogen-bond acceptors (Lipinski definition) is 2. The standard InChI is InChI=1S/C19H25NO.CH3I/c1-3-20(4-2)15-16-21-19(17-11-7-5-8-12-17)18-13-9-6-10-14-18;1-2/h5-14,19H,3-4,15-16H2,1-2H3;1H3. The van der Waals surface area contributed by atoms with Crippen LogP contribution in [-0.2, 0) is 4.74 Å². The Morgan fingerprint density at radius 2 is 1.26 bits per heavy atom. The molecule has 0 aromatic heterocycles. The fraction of sp³-hybridized carbons (Fsp3) is 0.400. The maximum atomic E-state index is 6.21. The first kappa shape index (κ1) is 20.1. The first-order valence-corrected chi connectivity index (χ1v) is 10.3. The molecule has 0 aliphatic heterocycles. The molecule has 126 valence electrons. The van der Waals surface area contributed by atoms with Gasteiger partial charge < -0.3 is 9.64 Å². The van der Waals surface area contributed by atoms with E-state index >= 15 is 0 Å². The summed E-state index contributed by atoms with van der Waals surface area (Å²) in [5, 5.41) is 0. The number of nitrogens with zero attached hydrogens (tertiary/aromatic N) is 1. The van der Waals surface area contributed by atoms with Crippen LogP contribution in [0.4, 0.5) is 0 Å². The highest BCUT2D eigenvalue weighted by Crippen LogP contribution is 2.25. The average molecular weight is 425 g/mol. The SMILES string of the molecule is CCN(CC)CCOC(c1ccccc1)c1ccccc1.CI. The Bertz CT molecular complexity index is 460. The lowest BCUT2D eigenvalue weighted by Crippen LogP contribution is -2.27. The molecule has 0 saturated heterocycles. The zero-order valence-corrected chi connectivity index (χ0v) is 16.6. The molecule has 0 saturated carbocycles. The van der Waals surface area contributed by atoms with Gasteiger partial charge in [-0.3, -0.25) is 0 Å². The van der Waals surface area contributed by atoms with E-state index in [1.54, 1.807) is 0 Å². The number of ether oxygens (including phenoxy) is 1. The molecular formula is C20H28INO. The minimum absolute atomic E-state index is 0.0166. The molecule has 2 nitrogen and oxygen atoms in total. The molecule has 2 rings (SSSR count). The quantitative estimate of drug-likeness (QED) is 0.427. The van der Waals surface area contributed by atoms with Gasteiger partial charge in [0.15, 0.2) is 0 Å². The van der Waals surface area contributed by atoms with E-state index in [2.05, 4.69) is 89.9 Å². The summed E-state index contributed by atoms with van der Waals surface area (Å²) in [5.74, 6) is 0. The second-order valence-corrected chi connectivity index (χ2v) is 5.10. The molecule has 0 N–H and O–H groups in total. The zero-order chi connectivity index (χ0) is 16.9. The summed E-state index contributed by atoms with van der Waals surface area (Å²) in [7, 11) is 0. The third-order valence-corrected chi connectivity index (χ3v) is 3.79. The van der Waals surface area contributed by atoms with Crippen molar-refractivity contribution in [3.8, 4) is 0 Å². The van der Waals surface area contributed by atoms with Gasteiger partial charge in [0.1, 0.15) is 6.10 Å². The van der Waals surface area contributed by atoms with Crippen LogP contribution < -0.4 is 0 Å². The number of hydrogen-bond donors (Lipinski definition) is 0. The van der Waals surface area contributed by atoms with E-state index in [9.17, 15) is 0 Å². The molecule has 0 unspecified atom stereocenters. The van der Waals surface area contributed by atoms with Crippen LogP contribution in [0.15, 0.2) is 60.7 Å². The Balaban J connectivity index is 0.00000127. The highest BCUT2D eigenvalue weighted by atomic mass is 127. The largest absolute Gasteiger partial charge is 0.367 e. The zero-order valence-electron chi connectivity index (χ0n) is 14.4. The molecule has 0 fully saturated rings. The molecular weight excluding hydrogens is 397 g/mol. The van der Waals surface area contributed by atoms with Crippen molar-refractivity contribution in [1.29, 1.82) is 0 Å². The molecule has 2 aromatic rings. The molecule has 0 amide bonds. The Morgan fingerprint density at radius 3 is 1.65 bits per heavy atom. The van der Waals surface area contributed by atoms with E-state index in [-0.39, 0.29) is 6.10 Å². The predicted octanol–water partition coefficient (Wildman–Crippen LogP) is 5.19. The normalized spacial score (nSPS) is 10.5. The van der Waals surface area contributed by atoms with Crippen molar-refractivity contribution >= 4 is 22.6 Å². The molecule has 0 aliphatic carbocycles. The van der Waals surface area contributed by atoms with Crippen molar-refractivity contribution in [2.24, 2.45) is 0 Å². The lowest BCUT2D eigenvalue weighted by atomic mass is 10.0. The maximum absolute atomic E-state index is 6.21. The van der Waals surface area contributed by atoms with Crippen LogP contribution in [0.1, 0.15) is 31.1 Å². The first-order chi connectivity index (χ1) is 11.3. The fourth-order valence-electron chi connectivity index (χ4n) is 2.48. The Labute approximate surface area is 155 Å². The molecule has 0 spiro atoms. The molecule has 2 aromatic carbocycles. The molecule has 0 bridgehead atoms. The van der Waals surface area contributed by atoms with E-state index in [1.165, 1.54) is 11.1 Å². The van der Waals surface area contributed by atoms with Crippen molar-refractivity contribution in [2.75, 3.05) is 31.2 Å². The van der Waals surface area contributed by atoms with Crippen LogP contribution in [0.3, 0.4) is 0 Å². The summed E-state index contributed by atoms with van der Waals surface area (Å²) >= 11 is 2.15. The third-order valence-electron chi connectivity index (χ3n) is 3.79. The van der Waals surface area contributed by atoms with E-state index < -0.39 is 0 Å². The van der Waals surface area contributed by atoms with Gasteiger partial charge in [-0.2, -0.15) is 0 Å². The van der Waals surface area contributed by atoms with E-state index in [1.807, 2.05) is 17.1 Å². The summed E-state index contributed by atoms with van der Waals surface area (Å²) in [4.78, 5) is 4.35. The second-order valence-electron chi connectivity index (χ2n) is 5.10. The molecule has 23 heavy (non-hydrogen) atoms. The molecule has 0 radical (unpaired) electrons. The molecule has 3 heteroatoms. The smallest absolute Gasteiger partial charge is 0.108 e. The van der Waals surface area contributed by atoms with Gasteiger partial charge in [-0.15, -0.1) is 0 Å². The highest BCUT2D eigenvalue weighted by Gasteiger charge is 2.14. The first-order valence-electron chi connectivity index (χ1n) is 8.16. The average Bonchev–Trinajstić information content (AvgIpc) is 2.65. The number of benzene rings is 2. The van der Waals surface area contributed by atoms with Gasteiger partial charge in [0.2, 0.25) is 0 Å². The van der Waals surface area contributed by atoms with Gasteiger partial charge >= 0.3 is 0 Å². The number of likely N-dealkylation sites (N-methyl/N-ethyl adjacent to an activating group) is 1. The van der Waals surface area contributed by atoms with Crippen LogP contribution in [0.25, 0.3) is 0 Å². The summed E-state index contributed by atoms with van der Waals surface area (Å²) in [6.07, 6.45) is 0.0166. The summed E-state index contributed by atoms with van der Waals surface area (Å²) in [6.45, 7) is 8.24. The Hall–Kier alpha value is -0.910. The molecule has 0 atom stereocenters. The van der Waals surface area contributed by atoms with Crippen molar-refractivity contribution < 1.29 is 4.74 Å². The molecule has 0 aliphatic rings. The van der Waals surface area contributed by atoms with Crippen LogP contribution in [0.5, 0.6) is 0 Å². The topological polar surface area (TPSA) is 12.5 Å². The van der Waals surface area contributed by atoms with Gasteiger partial charge in [0.05, 0.1) is 6.61 Å². The number of halogens is 1. The number of rotatable bonds is 8. The monoisotopic (exact) mass is 425 g/mol. The molecule has 0 heterocycles. The Morgan fingerprint density at radius 1 is 0.826 bits per heavy atom. The fourth-order valence-corrected chi connectivity index (χ4v) is 2.48. The summed E-state index contributed by atoms with van der Waals surface area (Å²) < 4.78 is 6.21. The lowest BCUT2D eigenvalue weighted by Gasteiger charge is -2.22. The number of alkyl halides is 1. The maximum Gasteiger partial charge on any atom is 0.108 e. The minimum Gasteiger partial charge on any atom is -0.367 e. The Kier molecular flexibility index (Phi) is 10.9. The van der Waals surface area contributed by atoms with Crippen LogP contribution in [0.2, 0.25) is 0 Å². The van der Waals surface area contributed by atoms with Gasteiger partial charge in [-0.05, 0) is 29.1 Å². The van der Waals surface area contributed by atoms with Crippen LogP contribution in [0, 0.1) is 0 Å². The van der Waals surface area contributed by atoms with Crippen LogP contribution in [-0.4, -0.2) is 36.1 Å². The van der Waals surface area contributed by atoms with Crippen molar-refractivity contribution in [3.05, 3.63) is 71.8 Å². The van der Waals surface area contributed by atoms with E-state index in [0.717, 1.165) is 26.2 Å². The summed E-state index contributed by atoms with van der Waals surface area (Å²) in [6, 6.07) is 20.9. The highest BCUT2D eigenvalue weighted by molar-refractivity contribution is 14.1. The van der Waals surface area contributed by atoms with E-state index in [0.29, 0.717) is 0 Å². The third kappa shape index (κ3) is 7.02. The van der Waals surface area contributed by atoms with Crippen molar-refractivity contribution in [2.45, 2.75) is 20.0 Å². The van der Waals surface area contributed by atoms with Gasteiger partial charge in [0, 0.05) is 6.54 Å². The van der Waals surface area contributed by atoms with Crippen molar-refractivity contribution in [3.63, 3.8) is 0 Å². The van der Waals surface area contributed by atoms with Crippen LogP contribution >= 0.6 is 22.6 Å². The van der Waals surface area contributed by atoms with Gasteiger partial charge in [-0.25, -0.2) is 0 Å². The van der Waals surface area contributed by atoms with Crippen molar-refractivity contribution in [1.82, 2.24) is 4.90 Å². The summed E-state index contributed by atoms with van der Waals surface area (Å²) in [5.41, 5.74) is 2.42. The predicted molar refractivity (Wildman–Crippen MR) is 108 cm³/mol. The van der Waals surface area contributed by atoms with E-state index in [4.69, 9.17) is 4.74 Å². The minimum atomic E-state index is 0.0166.